The number of nitrogens with zero attached hydrogens (tertiary/aromatic N) is 4. The highest BCUT2D eigenvalue weighted by atomic mass is 16.6. The van der Waals surface area contributed by atoms with Crippen LogP contribution in [0.25, 0.3) is 0 Å². The maximum Gasteiger partial charge on any atom is 0.269 e. The molecule has 3 aromatic rings. The van der Waals surface area contributed by atoms with E-state index in [1.165, 1.54) is 36.3 Å². The number of benzene rings is 2. The number of para-hydroxylation sites is 1. The number of aliphatic hydroxyl groups excluding tert-OH is 1. The molecule has 1 aromatic heterocycles. The molecule has 39 heavy (non-hydrogen) atoms. The first kappa shape index (κ1) is 26.0. The van der Waals surface area contributed by atoms with E-state index in [-0.39, 0.29) is 18.1 Å². The lowest BCUT2D eigenvalue weighted by molar-refractivity contribution is -0.384. The van der Waals surface area contributed by atoms with Crippen LogP contribution in [0.1, 0.15) is 17.4 Å². The molecule has 0 aliphatic carbocycles. The number of nitro benzene ring substituents is 1. The van der Waals surface area contributed by atoms with Crippen LogP contribution in [0.5, 0.6) is 5.75 Å². The maximum atomic E-state index is 13.7. The quantitative estimate of drug-likeness (QED) is 0.185. The molecule has 0 saturated carbocycles. The molecule has 4 atom stereocenters. The Kier molecular flexibility index (Phi) is 7.35. The average molecular weight is 530 g/mol. The smallest absolute Gasteiger partial charge is 0.269 e. The lowest BCUT2D eigenvalue weighted by Crippen LogP contribution is -2.55. The highest BCUT2D eigenvalue weighted by Gasteiger charge is 2.53. The molecule has 1 fully saturated rings. The maximum absolute atomic E-state index is 13.7. The van der Waals surface area contributed by atoms with Crippen molar-refractivity contribution < 1.29 is 24.4 Å². The van der Waals surface area contributed by atoms with E-state index in [1.807, 2.05) is 12.1 Å². The van der Waals surface area contributed by atoms with E-state index in [0.29, 0.717) is 23.4 Å². The molecule has 11 nitrogen and oxygen atoms in total. The standard InChI is InChI=1S/C28H27N5O6/c1-39-24-8-3-2-7-21(24)26(34)23-14-13-22-25(32(23)30-19-9-11-20(12-10-19)33(37)38)28(36)31(27(22)35)17-15-18-6-4-5-16-29-18/h2-14,16,22-23,25-26,30,34H,15,17H2,1H3/t22-,23?,25+,26-/m1/s1. The van der Waals surface area contributed by atoms with Crippen molar-refractivity contribution in [2.45, 2.75) is 24.6 Å². The number of likely N-dealkylation sites (tertiary alicyclic amines) is 1. The number of imide groups is 1. The van der Waals surface area contributed by atoms with Gasteiger partial charge in [-0.3, -0.25) is 29.6 Å². The van der Waals surface area contributed by atoms with E-state index < -0.39 is 34.9 Å². The molecule has 2 aromatic carbocycles. The fraction of sp³-hybridized carbons (Fsp3) is 0.250. The van der Waals surface area contributed by atoms with Crippen molar-refractivity contribution in [3.63, 3.8) is 0 Å². The molecule has 2 aliphatic rings. The zero-order valence-electron chi connectivity index (χ0n) is 21.1. The number of hydrogen-bond donors (Lipinski definition) is 2. The van der Waals surface area contributed by atoms with Crippen LogP contribution in [0, 0.1) is 16.0 Å². The van der Waals surface area contributed by atoms with Crippen molar-refractivity contribution in [3.8, 4) is 5.75 Å². The summed E-state index contributed by atoms with van der Waals surface area (Å²) in [5.74, 6) is -1.04. The molecule has 3 heterocycles. The van der Waals surface area contributed by atoms with Gasteiger partial charge in [-0.15, -0.1) is 0 Å². The summed E-state index contributed by atoms with van der Waals surface area (Å²) in [7, 11) is 1.50. The number of non-ortho nitro benzene ring substituents is 1. The van der Waals surface area contributed by atoms with Crippen molar-refractivity contribution in [1.29, 1.82) is 0 Å². The Labute approximate surface area is 224 Å². The Morgan fingerprint density at radius 1 is 1.05 bits per heavy atom. The van der Waals surface area contributed by atoms with Gasteiger partial charge in [-0.2, -0.15) is 0 Å². The van der Waals surface area contributed by atoms with E-state index in [4.69, 9.17) is 4.74 Å². The van der Waals surface area contributed by atoms with Crippen molar-refractivity contribution in [1.82, 2.24) is 14.9 Å². The van der Waals surface area contributed by atoms with Crippen LogP contribution in [0.4, 0.5) is 11.4 Å². The lowest BCUT2D eigenvalue weighted by Gasteiger charge is -2.40. The first-order valence-corrected chi connectivity index (χ1v) is 12.4. The van der Waals surface area contributed by atoms with Crippen molar-refractivity contribution in [2.75, 3.05) is 19.1 Å². The first-order valence-electron chi connectivity index (χ1n) is 12.4. The molecule has 200 valence electrons. The second-order valence-corrected chi connectivity index (χ2v) is 9.26. The minimum atomic E-state index is -1.13. The van der Waals surface area contributed by atoms with Gasteiger partial charge in [0.25, 0.3) is 5.69 Å². The molecular formula is C28H27N5O6. The number of carbonyl (C=O) groups excluding carboxylic acids is 2. The van der Waals surface area contributed by atoms with Crippen molar-refractivity contribution in [3.05, 3.63) is 106 Å². The normalized spacial score (nSPS) is 21.5. The van der Waals surface area contributed by atoms with Crippen LogP contribution in [-0.4, -0.2) is 62.5 Å². The van der Waals surface area contributed by atoms with Gasteiger partial charge in [-0.05, 0) is 30.3 Å². The summed E-state index contributed by atoms with van der Waals surface area (Å²) in [6.45, 7) is 0.167. The molecule has 0 spiro atoms. The predicted octanol–water partition coefficient (Wildman–Crippen LogP) is 2.90. The van der Waals surface area contributed by atoms with Gasteiger partial charge in [-0.25, -0.2) is 5.01 Å². The number of aromatic nitrogens is 1. The van der Waals surface area contributed by atoms with Crippen LogP contribution in [0.3, 0.4) is 0 Å². The fourth-order valence-corrected chi connectivity index (χ4v) is 5.02. The van der Waals surface area contributed by atoms with Gasteiger partial charge in [0.1, 0.15) is 17.9 Å². The zero-order valence-corrected chi connectivity index (χ0v) is 21.1. The second-order valence-electron chi connectivity index (χ2n) is 9.26. The van der Waals surface area contributed by atoms with E-state index >= 15 is 0 Å². The number of fused-ring (bicyclic) bond motifs is 1. The van der Waals surface area contributed by atoms with E-state index in [2.05, 4.69) is 10.4 Å². The van der Waals surface area contributed by atoms with Crippen LogP contribution < -0.4 is 10.2 Å². The molecular weight excluding hydrogens is 502 g/mol. The summed E-state index contributed by atoms with van der Waals surface area (Å²) in [6.07, 6.45) is 4.30. The van der Waals surface area contributed by atoms with Crippen LogP contribution >= 0.6 is 0 Å². The van der Waals surface area contributed by atoms with Gasteiger partial charge in [0.2, 0.25) is 11.8 Å². The number of hydrazine groups is 1. The molecule has 5 rings (SSSR count). The number of amides is 2. The van der Waals surface area contributed by atoms with E-state index in [1.54, 1.807) is 53.7 Å². The summed E-state index contributed by atoms with van der Waals surface area (Å²) in [4.78, 5) is 43.2. The van der Waals surface area contributed by atoms with Gasteiger partial charge in [0.15, 0.2) is 0 Å². The summed E-state index contributed by atoms with van der Waals surface area (Å²) in [5, 5.41) is 24.2. The number of carbonyl (C=O) groups is 2. The lowest BCUT2D eigenvalue weighted by atomic mass is 9.90. The minimum Gasteiger partial charge on any atom is -0.496 e. The average Bonchev–Trinajstić information content (AvgIpc) is 3.21. The van der Waals surface area contributed by atoms with Gasteiger partial charge < -0.3 is 15.3 Å². The Balaban J connectivity index is 1.47. The zero-order chi connectivity index (χ0) is 27.5. The Morgan fingerprint density at radius 2 is 1.79 bits per heavy atom. The number of methoxy groups -OCH3 is 1. The topological polar surface area (TPSA) is 138 Å². The highest BCUT2D eigenvalue weighted by Crippen LogP contribution is 2.38. The van der Waals surface area contributed by atoms with Crippen molar-refractivity contribution >= 4 is 23.2 Å². The third-order valence-corrected chi connectivity index (χ3v) is 6.98. The minimum absolute atomic E-state index is 0.0876. The fourth-order valence-electron chi connectivity index (χ4n) is 5.02. The van der Waals surface area contributed by atoms with Crippen LogP contribution in [0.2, 0.25) is 0 Å². The summed E-state index contributed by atoms with van der Waals surface area (Å²) >= 11 is 0. The monoisotopic (exact) mass is 529 g/mol. The van der Waals surface area contributed by atoms with Crippen molar-refractivity contribution in [2.24, 2.45) is 5.92 Å². The van der Waals surface area contributed by atoms with E-state index in [0.717, 1.165) is 5.69 Å². The highest BCUT2D eigenvalue weighted by molar-refractivity contribution is 6.08. The second kappa shape index (κ2) is 11.0. The van der Waals surface area contributed by atoms with Gasteiger partial charge in [0.05, 0.1) is 24.0 Å². The number of nitro groups is 1. The van der Waals surface area contributed by atoms with Gasteiger partial charge >= 0.3 is 0 Å². The third kappa shape index (κ3) is 5.09. The molecule has 1 unspecified atom stereocenters. The molecule has 0 bridgehead atoms. The number of anilines is 1. The number of aliphatic hydroxyl groups is 1. The summed E-state index contributed by atoms with van der Waals surface area (Å²) in [5.41, 5.74) is 4.78. The first-order chi connectivity index (χ1) is 18.9. The molecule has 2 aliphatic heterocycles. The van der Waals surface area contributed by atoms with E-state index in [9.17, 15) is 24.8 Å². The molecule has 1 saturated heterocycles. The van der Waals surface area contributed by atoms with Gasteiger partial charge in [-0.1, -0.05) is 36.4 Å². The van der Waals surface area contributed by atoms with Crippen LogP contribution in [0.15, 0.2) is 85.1 Å². The molecule has 2 N–H and O–H groups in total. The number of pyridine rings is 1. The number of hydrogen-bond acceptors (Lipinski definition) is 9. The Morgan fingerprint density at radius 3 is 2.49 bits per heavy atom. The number of rotatable bonds is 9. The Bertz CT molecular complexity index is 1400. The third-order valence-electron chi connectivity index (χ3n) is 6.98. The summed E-state index contributed by atoms with van der Waals surface area (Å²) < 4.78 is 5.44. The van der Waals surface area contributed by atoms with Gasteiger partial charge in [0, 0.05) is 48.2 Å². The molecule has 0 radical (unpaired) electrons. The number of ether oxygens (including phenoxy) is 1. The SMILES string of the molecule is COc1ccccc1[C@@H](O)C1C=C[C@H]2C(=O)N(CCc3ccccn3)C(=O)[C@H]2N1Nc1ccc([N+](=O)[O-])cc1. The Hall–Kier alpha value is -4.61. The molecule has 2 amide bonds. The molecule has 11 heteroatoms. The van der Waals surface area contributed by atoms with Crippen LogP contribution in [-0.2, 0) is 16.0 Å². The number of nitrogens with one attached hydrogen (secondary N) is 1. The largest absolute Gasteiger partial charge is 0.496 e. The predicted molar refractivity (Wildman–Crippen MR) is 141 cm³/mol. The summed E-state index contributed by atoms with van der Waals surface area (Å²) in [6, 6.07) is 16.5.